The van der Waals surface area contributed by atoms with Gasteiger partial charge in [-0.1, -0.05) is 12.1 Å². The zero-order valence-electron chi connectivity index (χ0n) is 15.2. The highest BCUT2D eigenvalue weighted by Crippen LogP contribution is 2.37. The molecule has 0 saturated heterocycles. The number of hydrogen-bond acceptors (Lipinski definition) is 5. The molecule has 2 N–H and O–H groups in total. The summed E-state index contributed by atoms with van der Waals surface area (Å²) >= 11 is 0. The van der Waals surface area contributed by atoms with Gasteiger partial charge in [-0.05, 0) is 50.0 Å². The second-order valence-electron chi connectivity index (χ2n) is 6.37. The van der Waals surface area contributed by atoms with Crippen LogP contribution in [0.1, 0.15) is 5.56 Å². The smallest absolute Gasteiger partial charge is 0.294 e. The Kier molecular flexibility index (Phi) is 5.14. The summed E-state index contributed by atoms with van der Waals surface area (Å²) in [5.41, 5.74) is 8.04. The molecular weight excluding hydrogens is 330 g/mol. The molecule has 0 spiro atoms. The largest absolute Gasteiger partial charge is 0.497 e. The highest BCUT2D eigenvalue weighted by atomic mass is 16.5. The number of benzene rings is 2. The molecule has 2 aromatic carbocycles. The van der Waals surface area contributed by atoms with E-state index in [2.05, 4.69) is 0 Å². The fourth-order valence-electron chi connectivity index (χ4n) is 2.74. The molecule has 1 aliphatic heterocycles. The van der Waals surface area contributed by atoms with E-state index in [4.69, 9.17) is 15.2 Å². The lowest BCUT2D eigenvalue weighted by Crippen LogP contribution is -2.41. The summed E-state index contributed by atoms with van der Waals surface area (Å²) in [6, 6.07) is 12.8. The lowest BCUT2D eigenvalue weighted by atomic mass is 10.1. The van der Waals surface area contributed by atoms with Crippen LogP contribution in [0.4, 0.5) is 11.4 Å². The Morgan fingerprint density at radius 1 is 1.23 bits per heavy atom. The maximum atomic E-state index is 13.0. The van der Waals surface area contributed by atoms with Gasteiger partial charge in [0.2, 0.25) is 0 Å². The summed E-state index contributed by atoms with van der Waals surface area (Å²) in [5.74, 6) is 1.39. The Hall–Kier alpha value is -2.99. The van der Waals surface area contributed by atoms with E-state index in [0.29, 0.717) is 18.0 Å². The van der Waals surface area contributed by atoms with Crippen molar-refractivity contribution >= 4 is 23.4 Å². The van der Waals surface area contributed by atoms with Crippen LogP contribution in [-0.2, 0) is 4.79 Å². The third-order valence-corrected chi connectivity index (χ3v) is 4.11. The maximum absolute atomic E-state index is 13.0. The van der Waals surface area contributed by atoms with E-state index >= 15 is 0 Å². The normalized spacial score (nSPS) is 15.2. The average Bonchev–Trinajstić information content (AvgIpc) is 2.62. The van der Waals surface area contributed by atoms with Crippen LogP contribution in [0, 0.1) is 0 Å². The molecule has 1 heterocycles. The van der Waals surface area contributed by atoms with Crippen molar-refractivity contribution in [2.24, 2.45) is 0 Å². The van der Waals surface area contributed by atoms with Gasteiger partial charge in [-0.15, -0.1) is 0 Å². The standard InChI is InChI=1S/C20H23N3O3/c1-22(2)9-10-23-17-8-7-15(21)13-18(17)26-19(20(23)24)12-14-5-4-6-16(11-14)25-3/h4-8,11-13H,9-10,21H2,1-3H3/b19-12+. The molecule has 6 heteroatoms. The summed E-state index contributed by atoms with van der Waals surface area (Å²) in [7, 11) is 5.56. The summed E-state index contributed by atoms with van der Waals surface area (Å²) in [5, 5.41) is 0. The Bertz CT molecular complexity index is 846. The SMILES string of the molecule is COc1cccc(/C=C2/Oc3cc(N)ccc3N(CCN(C)C)C2=O)c1. The van der Waals surface area contributed by atoms with E-state index in [1.807, 2.05) is 49.3 Å². The van der Waals surface area contributed by atoms with E-state index in [1.165, 1.54) is 0 Å². The summed E-state index contributed by atoms with van der Waals surface area (Å²) in [6.07, 6.45) is 1.72. The first kappa shape index (κ1) is 17.8. The monoisotopic (exact) mass is 353 g/mol. The van der Waals surface area contributed by atoms with E-state index in [0.717, 1.165) is 23.5 Å². The molecule has 0 radical (unpaired) electrons. The van der Waals surface area contributed by atoms with Gasteiger partial charge in [0.1, 0.15) is 5.75 Å². The fraction of sp³-hybridized carbons (Fsp3) is 0.250. The molecule has 0 bridgehead atoms. The van der Waals surface area contributed by atoms with Crippen molar-refractivity contribution < 1.29 is 14.3 Å². The van der Waals surface area contributed by atoms with Crippen LogP contribution in [0.15, 0.2) is 48.2 Å². The lowest BCUT2D eigenvalue weighted by Gasteiger charge is -2.31. The molecule has 1 amide bonds. The van der Waals surface area contributed by atoms with Gasteiger partial charge < -0.3 is 25.0 Å². The molecular formula is C20H23N3O3. The third kappa shape index (κ3) is 3.81. The molecule has 0 unspecified atom stereocenters. The number of carbonyl (C=O) groups is 1. The van der Waals surface area contributed by atoms with Crippen LogP contribution in [0.3, 0.4) is 0 Å². The minimum Gasteiger partial charge on any atom is -0.497 e. The molecule has 3 rings (SSSR count). The van der Waals surface area contributed by atoms with Crippen molar-refractivity contribution in [3.8, 4) is 11.5 Å². The molecule has 0 atom stereocenters. The second-order valence-corrected chi connectivity index (χ2v) is 6.37. The first-order valence-corrected chi connectivity index (χ1v) is 8.37. The van der Waals surface area contributed by atoms with Gasteiger partial charge in [-0.25, -0.2) is 0 Å². The number of hydrogen-bond donors (Lipinski definition) is 1. The van der Waals surface area contributed by atoms with Crippen molar-refractivity contribution in [3.63, 3.8) is 0 Å². The molecule has 0 fully saturated rings. The van der Waals surface area contributed by atoms with Crippen LogP contribution in [0.5, 0.6) is 11.5 Å². The van der Waals surface area contributed by atoms with E-state index in [1.54, 1.807) is 30.2 Å². The van der Waals surface area contributed by atoms with E-state index < -0.39 is 0 Å². The van der Waals surface area contributed by atoms with Gasteiger partial charge in [-0.3, -0.25) is 4.79 Å². The zero-order valence-corrected chi connectivity index (χ0v) is 15.2. The van der Waals surface area contributed by atoms with Gasteiger partial charge in [0, 0.05) is 24.8 Å². The summed E-state index contributed by atoms with van der Waals surface area (Å²) < 4.78 is 11.1. The Labute approximate surface area is 153 Å². The number of fused-ring (bicyclic) bond motifs is 1. The molecule has 0 saturated carbocycles. The molecule has 26 heavy (non-hydrogen) atoms. The van der Waals surface area contributed by atoms with E-state index in [9.17, 15) is 4.79 Å². The van der Waals surface area contributed by atoms with Gasteiger partial charge in [0.15, 0.2) is 11.5 Å². The van der Waals surface area contributed by atoms with Crippen molar-refractivity contribution in [1.29, 1.82) is 0 Å². The number of ether oxygens (including phenoxy) is 2. The Morgan fingerprint density at radius 2 is 2.04 bits per heavy atom. The quantitative estimate of drug-likeness (QED) is 0.661. The van der Waals surface area contributed by atoms with Gasteiger partial charge >= 0.3 is 0 Å². The first-order valence-electron chi connectivity index (χ1n) is 8.37. The van der Waals surface area contributed by atoms with E-state index in [-0.39, 0.29) is 11.7 Å². The molecule has 1 aliphatic rings. The molecule has 0 aromatic heterocycles. The number of rotatable bonds is 5. The van der Waals surface area contributed by atoms with Crippen LogP contribution in [0.25, 0.3) is 6.08 Å². The van der Waals surface area contributed by atoms with Crippen molar-refractivity contribution in [2.45, 2.75) is 0 Å². The lowest BCUT2D eigenvalue weighted by molar-refractivity contribution is -0.117. The number of nitrogen functional groups attached to an aromatic ring is 1. The predicted molar refractivity (Wildman–Crippen MR) is 103 cm³/mol. The number of amides is 1. The predicted octanol–water partition coefficient (Wildman–Crippen LogP) is 2.61. The summed E-state index contributed by atoms with van der Waals surface area (Å²) in [6.45, 7) is 1.30. The van der Waals surface area contributed by atoms with Crippen molar-refractivity contribution in [2.75, 3.05) is 44.9 Å². The van der Waals surface area contributed by atoms with Gasteiger partial charge in [-0.2, -0.15) is 0 Å². The number of methoxy groups -OCH3 is 1. The first-order chi connectivity index (χ1) is 12.5. The molecule has 0 aliphatic carbocycles. The van der Waals surface area contributed by atoms with Crippen LogP contribution in [-0.4, -0.2) is 45.1 Å². The van der Waals surface area contributed by atoms with Crippen LogP contribution in [0.2, 0.25) is 0 Å². The summed E-state index contributed by atoms with van der Waals surface area (Å²) in [4.78, 5) is 16.8. The van der Waals surface area contributed by atoms with Crippen LogP contribution < -0.4 is 20.1 Å². The zero-order chi connectivity index (χ0) is 18.7. The molecule has 2 aromatic rings. The van der Waals surface area contributed by atoms with Gasteiger partial charge in [0.05, 0.1) is 12.8 Å². The minimum atomic E-state index is -0.174. The highest BCUT2D eigenvalue weighted by Gasteiger charge is 2.30. The Morgan fingerprint density at radius 3 is 2.77 bits per heavy atom. The van der Waals surface area contributed by atoms with Crippen molar-refractivity contribution in [1.82, 2.24) is 4.90 Å². The third-order valence-electron chi connectivity index (χ3n) is 4.11. The fourth-order valence-corrected chi connectivity index (χ4v) is 2.74. The number of anilines is 2. The second kappa shape index (κ2) is 7.49. The number of nitrogens with zero attached hydrogens (tertiary/aromatic N) is 2. The topological polar surface area (TPSA) is 68.0 Å². The van der Waals surface area contributed by atoms with Crippen LogP contribution >= 0.6 is 0 Å². The maximum Gasteiger partial charge on any atom is 0.294 e. The van der Waals surface area contributed by atoms with Crippen molar-refractivity contribution in [3.05, 3.63) is 53.8 Å². The molecule has 6 nitrogen and oxygen atoms in total. The molecule has 136 valence electrons. The minimum absolute atomic E-state index is 0.174. The highest BCUT2D eigenvalue weighted by molar-refractivity contribution is 6.10. The number of carbonyl (C=O) groups excluding carboxylic acids is 1. The Balaban J connectivity index is 1.99. The van der Waals surface area contributed by atoms with Gasteiger partial charge in [0.25, 0.3) is 5.91 Å². The number of likely N-dealkylation sites (N-methyl/N-ethyl adjacent to an activating group) is 1. The average molecular weight is 353 g/mol. The number of nitrogens with two attached hydrogens (primary N) is 1.